The van der Waals surface area contributed by atoms with Gasteiger partial charge in [0.05, 0.1) is 10.4 Å². The predicted octanol–water partition coefficient (Wildman–Crippen LogP) is 5.64. The smallest absolute Gasteiger partial charge is 0.261 e. The second-order valence-corrected chi connectivity index (χ2v) is 10.3. The van der Waals surface area contributed by atoms with E-state index in [0.717, 1.165) is 41.8 Å². The number of fused-ring (bicyclic) bond motifs is 2. The van der Waals surface area contributed by atoms with Crippen LogP contribution in [0, 0.1) is 0 Å². The maximum Gasteiger partial charge on any atom is 0.261 e. The van der Waals surface area contributed by atoms with E-state index in [1.807, 2.05) is 44.3 Å². The second-order valence-electron chi connectivity index (χ2n) is 9.25. The number of carbonyl (C=O) groups is 2. The molecule has 1 amide bonds. The molecule has 6 heteroatoms. The zero-order chi connectivity index (χ0) is 23.1. The van der Waals surface area contributed by atoms with Crippen LogP contribution in [-0.2, 0) is 6.54 Å². The van der Waals surface area contributed by atoms with Crippen LogP contribution in [0.3, 0.4) is 0 Å². The third-order valence-electron chi connectivity index (χ3n) is 6.47. The molecule has 1 aliphatic rings. The van der Waals surface area contributed by atoms with E-state index in [2.05, 4.69) is 34.5 Å². The molecule has 0 spiro atoms. The number of rotatable bonds is 5. The molecule has 2 aromatic carbocycles. The Kier molecular flexibility index (Phi) is 5.81. The summed E-state index contributed by atoms with van der Waals surface area (Å²) in [5.41, 5.74) is 3.34. The average molecular weight is 460 g/mol. The molecule has 1 fully saturated rings. The molecule has 0 radical (unpaired) electrons. The first-order chi connectivity index (χ1) is 15.9. The van der Waals surface area contributed by atoms with Gasteiger partial charge in [-0.3, -0.25) is 19.1 Å². The molecule has 1 atom stereocenters. The van der Waals surface area contributed by atoms with Crippen molar-refractivity contribution in [2.24, 2.45) is 0 Å². The zero-order valence-electron chi connectivity index (χ0n) is 19.3. The number of para-hydroxylation sites is 1. The van der Waals surface area contributed by atoms with E-state index in [9.17, 15) is 9.59 Å². The van der Waals surface area contributed by atoms with Crippen LogP contribution in [0.15, 0.2) is 54.7 Å². The summed E-state index contributed by atoms with van der Waals surface area (Å²) in [5, 5.41) is 5.43. The lowest BCUT2D eigenvalue weighted by atomic mass is 9.95. The predicted molar refractivity (Wildman–Crippen MR) is 135 cm³/mol. The van der Waals surface area contributed by atoms with Crippen molar-refractivity contribution in [1.29, 1.82) is 0 Å². The third-order valence-corrected chi connectivity index (χ3v) is 7.65. The highest BCUT2D eigenvalue weighted by molar-refractivity contribution is 7.21. The summed E-state index contributed by atoms with van der Waals surface area (Å²) in [4.78, 5) is 28.5. The summed E-state index contributed by atoms with van der Waals surface area (Å²) in [5.74, 6) is 0.377. The molecule has 0 aliphatic carbocycles. The summed E-state index contributed by atoms with van der Waals surface area (Å²) in [6, 6.07) is 16.6. The van der Waals surface area contributed by atoms with Crippen LogP contribution < -0.4 is 5.32 Å². The maximum atomic E-state index is 13.0. The molecule has 170 valence electrons. The minimum absolute atomic E-state index is 0.0299. The number of nitrogens with zero attached hydrogens (tertiary/aromatic N) is 2. The molecular weight excluding hydrogens is 430 g/mol. The summed E-state index contributed by atoms with van der Waals surface area (Å²) >= 11 is 1.60. The summed E-state index contributed by atoms with van der Waals surface area (Å²) in [6.07, 6.45) is 3.01. The summed E-state index contributed by atoms with van der Waals surface area (Å²) in [6.45, 7) is 8.28. The highest BCUT2D eigenvalue weighted by Gasteiger charge is 2.31. The van der Waals surface area contributed by atoms with Gasteiger partial charge >= 0.3 is 0 Å². The van der Waals surface area contributed by atoms with E-state index < -0.39 is 0 Å². The van der Waals surface area contributed by atoms with Crippen molar-refractivity contribution in [1.82, 2.24) is 14.8 Å². The van der Waals surface area contributed by atoms with E-state index in [1.54, 1.807) is 22.8 Å². The largest absolute Gasteiger partial charge is 0.349 e. The van der Waals surface area contributed by atoms with Crippen molar-refractivity contribution < 1.29 is 9.59 Å². The van der Waals surface area contributed by atoms with E-state index in [0.29, 0.717) is 5.92 Å². The zero-order valence-corrected chi connectivity index (χ0v) is 20.1. The number of hydrogen-bond acceptors (Lipinski definition) is 4. The third kappa shape index (κ3) is 4.09. The standard InChI is InChI=1S/C27H29N3O2S/c1-17(2)28-27(32)26-25(22-9-5-7-11-24(22)33-26)19-12-13-29(14-19)15-20-16-30(18(3)31)23-10-6-4-8-21(20)23/h4-11,16-17,19H,12-15H2,1-3H3,(H,28,32)/t19-/m0/s1. The van der Waals surface area contributed by atoms with Crippen LogP contribution in [0.5, 0.6) is 0 Å². The minimum atomic E-state index is 0.0299. The van der Waals surface area contributed by atoms with Crippen molar-refractivity contribution in [2.75, 3.05) is 13.1 Å². The molecular formula is C27H29N3O2S. The molecule has 5 rings (SSSR count). The Morgan fingerprint density at radius 3 is 2.58 bits per heavy atom. The number of nitrogens with one attached hydrogen (secondary N) is 1. The Hall–Kier alpha value is -2.96. The first-order valence-electron chi connectivity index (χ1n) is 11.6. The molecule has 3 heterocycles. The molecule has 2 aromatic heterocycles. The van der Waals surface area contributed by atoms with Crippen LogP contribution in [0.25, 0.3) is 21.0 Å². The fourth-order valence-electron chi connectivity index (χ4n) is 5.06. The van der Waals surface area contributed by atoms with Gasteiger partial charge in [-0.2, -0.15) is 0 Å². The monoisotopic (exact) mass is 459 g/mol. The average Bonchev–Trinajstić information content (AvgIpc) is 3.49. The molecule has 1 aliphatic heterocycles. The van der Waals surface area contributed by atoms with Crippen molar-refractivity contribution >= 4 is 44.1 Å². The summed E-state index contributed by atoms with van der Waals surface area (Å²) in [7, 11) is 0. The van der Waals surface area contributed by atoms with Gasteiger partial charge < -0.3 is 5.32 Å². The highest BCUT2D eigenvalue weighted by atomic mass is 32.1. The quantitative estimate of drug-likeness (QED) is 0.420. The highest BCUT2D eigenvalue weighted by Crippen LogP contribution is 2.40. The molecule has 0 saturated carbocycles. The Labute approximate surface area is 198 Å². The fourth-order valence-corrected chi connectivity index (χ4v) is 6.25. The van der Waals surface area contributed by atoms with E-state index in [4.69, 9.17) is 0 Å². The van der Waals surface area contributed by atoms with E-state index in [-0.39, 0.29) is 17.9 Å². The Morgan fingerprint density at radius 1 is 1.09 bits per heavy atom. The molecule has 5 nitrogen and oxygen atoms in total. The molecule has 1 saturated heterocycles. The normalized spacial score (nSPS) is 16.8. The molecule has 0 bridgehead atoms. The minimum Gasteiger partial charge on any atom is -0.349 e. The number of amides is 1. The lowest BCUT2D eigenvalue weighted by Crippen LogP contribution is -2.30. The maximum absolute atomic E-state index is 13.0. The van der Waals surface area contributed by atoms with Crippen molar-refractivity contribution in [2.45, 2.75) is 45.7 Å². The number of carbonyl (C=O) groups excluding carboxylic acids is 2. The van der Waals surface area contributed by atoms with Crippen LogP contribution in [0.4, 0.5) is 0 Å². The number of thiophene rings is 1. The van der Waals surface area contributed by atoms with Crippen LogP contribution >= 0.6 is 11.3 Å². The lowest BCUT2D eigenvalue weighted by molar-refractivity contribution is 0.0934. The number of hydrogen-bond donors (Lipinski definition) is 1. The van der Waals surface area contributed by atoms with Crippen molar-refractivity contribution in [3.8, 4) is 0 Å². The Bertz CT molecular complexity index is 1350. The second kappa shape index (κ2) is 8.76. The van der Waals surface area contributed by atoms with Gasteiger partial charge in [0, 0.05) is 48.3 Å². The van der Waals surface area contributed by atoms with Gasteiger partial charge in [0.25, 0.3) is 5.91 Å². The van der Waals surface area contributed by atoms with E-state index >= 15 is 0 Å². The first kappa shape index (κ1) is 21.9. The topological polar surface area (TPSA) is 54.3 Å². The summed E-state index contributed by atoms with van der Waals surface area (Å²) < 4.78 is 2.92. The van der Waals surface area contributed by atoms with Crippen LogP contribution in [-0.4, -0.2) is 40.4 Å². The molecule has 1 N–H and O–H groups in total. The van der Waals surface area contributed by atoms with Crippen LogP contribution in [0.2, 0.25) is 0 Å². The molecule has 33 heavy (non-hydrogen) atoms. The van der Waals surface area contributed by atoms with Gasteiger partial charge in [0.2, 0.25) is 5.91 Å². The Morgan fingerprint density at radius 2 is 1.82 bits per heavy atom. The van der Waals surface area contributed by atoms with Gasteiger partial charge in [-0.05, 0) is 55.5 Å². The van der Waals surface area contributed by atoms with Gasteiger partial charge in [0.1, 0.15) is 0 Å². The number of aromatic nitrogens is 1. The molecule has 0 unspecified atom stereocenters. The number of likely N-dealkylation sites (tertiary alicyclic amines) is 1. The SMILES string of the molecule is CC(=O)n1cc(CN2CC[C@H](c3c(C(=O)NC(C)C)sc4ccccc34)C2)c2ccccc21. The first-order valence-corrected chi connectivity index (χ1v) is 12.4. The van der Waals surface area contributed by atoms with Gasteiger partial charge in [-0.15, -0.1) is 11.3 Å². The van der Waals surface area contributed by atoms with E-state index in [1.165, 1.54) is 21.2 Å². The van der Waals surface area contributed by atoms with Crippen molar-refractivity contribution in [3.63, 3.8) is 0 Å². The van der Waals surface area contributed by atoms with Crippen LogP contribution in [0.1, 0.15) is 58.7 Å². The van der Waals surface area contributed by atoms with Crippen molar-refractivity contribution in [3.05, 3.63) is 70.7 Å². The van der Waals surface area contributed by atoms with Gasteiger partial charge in [-0.1, -0.05) is 36.4 Å². The molecule has 4 aromatic rings. The fraction of sp³-hybridized carbons (Fsp3) is 0.333. The number of benzene rings is 2. The van der Waals surface area contributed by atoms with Gasteiger partial charge in [0.15, 0.2) is 0 Å². The van der Waals surface area contributed by atoms with Gasteiger partial charge in [-0.25, -0.2) is 0 Å². The lowest BCUT2D eigenvalue weighted by Gasteiger charge is -2.17. The Balaban J connectivity index is 1.44.